The lowest BCUT2D eigenvalue weighted by molar-refractivity contribution is -0.120. The third-order valence-electron chi connectivity index (χ3n) is 4.89. The molecule has 3 amide bonds. The second-order valence-electron chi connectivity index (χ2n) is 6.80. The molecule has 1 aliphatic carbocycles. The van der Waals surface area contributed by atoms with Gasteiger partial charge in [-0.1, -0.05) is 12.8 Å². The molecule has 158 valence electrons. The van der Waals surface area contributed by atoms with Crippen LogP contribution in [0.4, 0.5) is 4.79 Å². The topological polar surface area (TPSA) is 122 Å². The molecule has 1 fully saturated rings. The highest BCUT2D eigenvalue weighted by atomic mass is 16.5. The van der Waals surface area contributed by atoms with Crippen molar-refractivity contribution in [2.24, 2.45) is 5.92 Å². The van der Waals surface area contributed by atoms with Crippen molar-refractivity contribution in [3.05, 3.63) is 17.7 Å². The Morgan fingerprint density at radius 3 is 2.24 bits per heavy atom. The lowest BCUT2D eigenvalue weighted by Gasteiger charge is -2.17. The zero-order valence-electron chi connectivity index (χ0n) is 17.0. The van der Waals surface area contributed by atoms with Gasteiger partial charge in [-0.25, -0.2) is 4.79 Å². The zero-order chi connectivity index (χ0) is 21.2. The van der Waals surface area contributed by atoms with Crippen LogP contribution in [0.1, 0.15) is 37.3 Å². The first kappa shape index (κ1) is 22.1. The molecule has 0 aromatic heterocycles. The molecule has 3 N–H and O–H groups in total. The number of nitrogens with one attached hydrogen (secondary N) is 3. The highest BCUT2D eigenvalue weighted by Crippen LogP contribution is 2.39. The van der Waals surface area contributed by atoms with Gasteiger partial charge in [0.15, 0.2) is 11.5 Å². The Labute approximate surface area is 170 Å². The fraction of sp³-hybridized carbons (Fsp3) is 0.550. The number of methoxy groups -OCH3 is 3. The number of urea groups is 1. The van der Waals surface area contributed by atoms with Crippen molar-refractivity contribution in [2.75, 3.05) is 34.4 Å². The van der Waals surface area contributed by atoms with E-state index in [2.05, 4.69) is 16.0 Å². The number of nitrogens with zero attached hydrogens (tertiary/aromatic N) is 1. The molecular formula is C20H28N4O5. The van der Waals surface area contributed by atoms with Crippen molar-refractivity contribution in [3.8, 4) is 23.3 Å². The average molecular weight is 404 g/mol. The quantitative estimate of drug-likeness (QED) is 0.578. The van der Waals surface area contributed by atoms with E-state index in [1.807, 2.05) is 6.07 Å². The molecule has 2 rings (SSSR count). The number of benzene rings is 1. The van der Waals surface area contributed by atoms with Crippen molar-refractivity contribution in [3.63, 3.8) is 0 Å². The molecule has 1 aliphatic rings. The second kappa shape index (κ2) is 11.0. The predicted octanol–water partition coefficient (Wildman–Crippen LogP) is 1.88. The lowest BCUT2D eigenvalue weighted by Crippen LogP contribution is -2.43. The maximum absolute atomic E-state index is 12.2. The van der Waals surface area contributed by atoms with E-state index in [0.29, 0.717) is 35.3 Å². The van der Waals surface area contributed by atoms with Crippen molar-refractivity contribution in [1.82, 2.24) is 16.0 Å². The Morgan fingerprint density at radius 1 is 1.10 bits per heavy atom. The Morgan fingerprint density at radius 2 is 1.72 bits per heavy atom. The molecule has 1 unspecified atom stereocenters. The minimum atomic E-state index is -0.945. The van der Waals surface area contributed by atoms with Crippen LogP contribution >= 0.6 is 0 Å². The number of hydrogen-bond acceptors (Lipinski definition) is 6. The van der Waals surface area contributed by atoms with E-state index < -0.39 is 18.0 Å². The summed E-state index contributed by atoms with van der Waals surface area (Å²) in [6.45, 7) is 0.374. The smallest absolute Gasteiger partial charge is 0.315 e. The van der Waals surface area contributed by atoms with Crippen LogP contribution in [-0.2, 0) is 4.79 Å². The molecule has 0 bridgehead atoms. The Bertz CT molecular complexity index is 731. The molecule has 0 heterocycles. The molecule has 9 nitrogen and oxygen atoms in total. The minimum Gasteiger partial charge on any atom is -0.493 e. The normalized spacial score (nSPS) is 14.4. The first-order chi connectivity index (χ1) is 14.0. The van der Waals surface area contributed by atoms with E-state index in [1.54, 1.807) is 12.1 Å². The first-order valence-corrected chi connectivity index (χ1v) is 9.53. The van der Waals surface area contributed by atoms with Crippen molar-refractivity contribution in [1.29, 1.82) is 5.26 Å². The zero-order valence-corrected chi connectivity index (χ0v) is 17.0. The van der Waals surface area contributed by atoms with Crippen LogP contribution in [0, 0.1) is 17.2 Å². The van der Waals surface area contributed by atoms with Gasteiger partial charge in [0.25, 0.3) is 0 Å². The van der Waals surface area contributed by atoms with Crippen LogP contribution in [-0.4, -0.2) is 46.4 Å². The molecule has 0 aliphatic heterocycles. The van der Waals surface area contributed by atoms with Gasteiger partial charge >= 0.3 is 6.03 Å². The van der Waals surface area contributed by atoms with Crippen LogP contribution < -0.4 is 30.2 Å². The summed E-state index contributed by atoms with van der Waals surface area (Å²) in [5, 5.41) is 17.4. The maximum Gasteiger partial charge on any atom is 0.315 e. The summed E-state index contributed by atoms with van der Waals surface area (Å²) >= 11 is 0. The summed E-state index contributed by atoms with van der Waals surface area (Å²) in [6.07, 6.45) is 4.65. The van der Waals surface area contributed by atoms with E-state index >= 15 is 0 Å². The minimum absolute atomic E-state index is 0.237. The van der Waals surface area contributed by atoms with Crippen molar-refractivity contribution < 1.29 is 23.8 Å². The number of nitriles is 1. The molecule has 0 spiro atoms. The highest BCUT2D eigenvalue weighted by molar-refractivity contribution is 5.84. The fourth-order valence-corrected chi connectivity index (χ4v) is 3.34. The molecule has 1 aromatic rings. The van der Waals surface area contributed by atoms with Gasteiger partial charge in [-0.05, 0) is 36.5 Å². The van der Waals surface area contributed by atoms with Crippen LogP contribution in [0.15, 0.2) is 12.1 Å². The van der Waals surface area contributed by atoms with E-state index in [4.69, 9.17) is 14.2 Å². The number of ether oxygens (including phenoxy) is 3. The molecule has 9 heteroatoms. The molecular weight excluding hydrogens is 376 g/mol. The predicted molar refractivity (Wildman–Crippen MR) is 106 cm³/mol. The van der Waals surface area contributed by atoms with Gasteiger partial charge in [-0.3, -0.25) is 4.79 Å². The Balaban J connectivity index is 1.92. The average Bonchev–Trinajstić information content (AvgIpc) is 3.27. The Hall–Kier alpha value is -3.15. The first-order valence-electron chi connectivity index (χ1n) is 9.53. The van der Waals surface area contributed by atoms with Crippen LogP contribution in [0.3, 0.4) is 0 Å². The summed E-state index contributed by atoms with van der Waals surface area (Å²) in [5.41, 5.74) is 0.473. The Kier molecular flexibility index (Phi) is 8.40. The second-order valence-corrected chi connectivity index (χ2v) is 6.80. The van der Waals surface area contributed by atoms with Crippen molar-refractivity contribution in [2.45, 2.75) is 31.7 Å². The number of rotatable bonds is 9. The van der Waals surface area contributed by atoms with E-state index in [9.17, 15) is 14.9 Å². The molecule has 1 atom stereocenters. The standard InChI is InChI=1S/C20H28N4O5/c1-27-16-8-14(9-17(28-2)19(16)29-3)15(10-21)24-18(25)12-23-20(26)22-11-13-6-4-5-7-13/h8-9,13,15H,4-7,11-12H2,1-3H3,(H,24,25)(H2,22,23,26). The molecule has 1 aromatic carbocycles. The van der Waals surface area contributed by atoms with E-state index in [-0.39, 0.29) is 6.54 Å². The molecule has 0 saturated heterocycles. The highest BCUT2D eigenvalue weighted by Gasteiger charge is 2.21. The summed E-state index contributed by atoms with van der Waals surface area (Å²) in [7, 11) is 4.41. The summed E-state index contributed by atoms with van der Waals surface area (Å²) in [5.74, 6) is 1.17. The summed E-state index contributed by atoms with van der Waals surface area (Å²) in [4.78, 5) is 24.0. The van der Waals surface area contributed by atoms with Gasteiger partial charge in [0.1, 0.15) is 6.04 Å². The molecule has 1 saturated carbocycles. The largest absolute Gasteiger partial charge is 0.493 e. The summed E-state index contributed by atoms with van der Waals surface area (Å²) in [6, 6.07) is 3.88. The summed E-state index contributed by atoms with van der Waals surface area (Å²) < 4.78 is 15.8. The third-order valence-corrected chi connectivity index (χ3v) is 4.89. The SMILES string of the molecule is COc1cc(C(C#N)NC(=O)CNC(=O)NCC2CCCC2)cc(OC)c1OC. The third kappa shape index (κ3) is 6.17. The van der Waals surface area contributed by atoms with Gasteiger partial charge in [0.05, 0.1) is 33.9 Å². The molecule has 29 heavy (non-hydrogen) atoms. The van der Waals surface area contributed by atoms with E-state index in [0.717, 1.165) is 12.8 Å². The van der Waals surface area contributed by atoms with Crippen molar-refractivity contribution >= 4 is 11.9 Å². The van der Waals surface area contributed by atoms with Crippen LogP contribution in [0.25, 0.3) is 0 Å². The van der Waals surface area contributed by atoms with Gasteiger partial charge in [0.2, 0.25) is 11.7 Å². The monoisotopic (exact) mass is 404 g/mol. The number of carbonyl (C=O) groups is 2. The van der Waals surface area contributed by atoms with Gasteiger partial charge < -0.3 is 30.2 Å². The van der Waals surface area contributed by atoms with Crippen LogP contribution in [0.2, 0.25) is 0 Å². The fourth-order valence-electron chi connectivity index (χ4n) is 3.34. The van der Waals surface area contributed by atoms with Crippen LogP contribution in [0.5, 0.6) is 17.2 Å². The van der Waals surface area contributed by atoms with E-state index in [1.165, 1.54) is 34.2 Å². The number of hydrogen-bond donors (Lipinski definition) is 3. The molecule has 0 radical (unpaired) electrons. The van der Waals surface area contributed by atoms with Gasteiger partial charge in [-0.15, -0.1) is 0 Å². The van der Waals surface area contributed by atoms with Gasteiger partial charge in [-0.2, -0.15) is 5.26 Å². The lowest BCUT2D eigenvalue weighted by atomic mass is 10.1. The number of carbonyl (C=O) groups excluding carboxylic acids is 2. The number of amides is 3. The van der Waals surface area contributed by atoms with Gasteiger partial charge in [0, 0.05) is 6.54 Å². The maximum atomic E-state index is 12.2.